The van der Waals surface area contributed by atoms with Gasteiger partial charge in [-0.15, -0.1) is 0 Å². The maximum Gasteiger partial charge on any atom is 0.251 e. The van der Waals surface area contributed by atoms with Crippen LogP contribution >= 0.6 is 15.9 Å². The van der Waals surface area contributed by atoms with Crippen LogP contribution < -0.4 is 14.8 Å². The smallest absolute Gasteiger partial charge is 0.251 e. The Morgan fingerprint density at radius 1 is 0.938 bits per heavy atom. The molecule has 6 nitrogen and oxygen atoms in total. The van der Waals surface area contributed by atoms with E-state index in [1.165, 1.54) is 6.33 Å². The zero-order valence-corrected chi connectivity index (χ0v) is 18.9. The maximum absolute atomic E-state index is 12.6. The Hall–Kier alpha value is -3.71. The molecule has 1 N–H and O–H groups in total. The summed E-state index contributed by atoms with van der Waals surface area (Å²) in [6.07, 6.45) is 1.45. The van der Waals surface area contributed by atoms with Gasteiger partial charge in [-0.3, -0.25) is 4.79 Å². The number of amides is 1. The zero-order valence-electron chi connectivity index (χ0n) is 17.3. The minimum atomic E-state index is -0.181. The topological polar surface area (TPSA) is 73.3 Å². The SMILES string of the molecule is COc1ccc(-c2cc(Oc3cccc(C(=O)NCc4ccc(Br)cc4)c3)ncn2)cc1. The first kappa shape index (κ1) is 21.5. The van der Waals surface area contributed by atoms with Gasteiger partial charge in [-0.05, 0) is 60.2 Å². The van der Waals surface area contributed by atoms with E-state index >= 15 is 0 Å². The molecule has 4 rings (SSSR count). The van der Waals surface area contributed by atoms with E-state index in [0.717, 1.165) is 27.0 Å². The van der Waals surface area contributed by atoms with Crippen LogP contribution in [0.25, 0.3) is 11.3 Å². The van der Waals surface area contributed by atoms with Crippen molar-refractivity contribution in [3.05, 3.63) is 101 Å². The van der Waals surface area contributed by atoms with E-state index in [4.69, 9.17) is 9.47 Å². The molecular weight excluding hydrogens is 470 g/mol. The number of hydrogen-bond acceptors (Lipinski definition) is 5. The molecule has 0 fully saturated rings. The molecule has 0 saturated carbocycles. The van der Waals surface area contributed by atoms with Crippen LogP contribution in [-0.2, 0) is 6.54 Å². The molecule has 32 heavy (non-hydrogen) atoms. The average molecular weight is 490 g/mol. The van der Waals surface area contributed by atoms with Gasteiger partial charge in [0, 0.05) is 28.2 Å². The van der Waals surface area contributed by atoms with Gasteiger partial charge in [-0.1, -0.05) is 34.1 Å². The average Bonchev–Trinajstić information content (AvgIpc) is 2.84. The van der Waals surface area contributed by atoms with Crippen LogP contribution in [0.3, 0.4) is 0 Å². The second kappa shape index (κ2) is 10.1. The predicted molar refractivity (Wildman–Crippen MR) is 126 cm³/mol. The van der Waals surface area contributed by atoms with Crippen molar-refractivity contribution in [2.45, 2.75) is 6.54 Å². The number of carbonyl (C=O) groups excluding carboxylic acids is 1. The normalized spacial score (nSPS) is 10.4. The Bertz CT molecular complexity index is 1210. The Kier molecular flexibility index (Phi) is 6.77. The van der Waals surface area contributed by atoms with Gasteiger partial charge in [0.25, 0.3) is 5.91 Å². The highest BCUT2D eigenvalue weighted by Gasteiger charge is 2.09. The molecule has 0 aliphatic carbocycles. The lowest BCUT2D eigenvalue weighted by molar-refractivity contribution is 0.0950. The molecular formula is C25H20BrN3O3. The fraction of sp³-hybridized carbons (Fsp3) is 0.0800. The van der Waals surface area contributed by atoms with Crippen molar-refractivity contribution in [3.8, 4) is 28.6 Å². The lowest BCUT2D eigenvalue weighted by atomic mass is 10.1. The molecule has 4 aromatic rings. The van der Waals surface area contributed by atoms with Crippen molar-refractivity contribution < 1.29 is 14.3 Å². The molecule has 0 bridgehead atoms. The Morgan fingerprint density at radius 2 is 1.72 bits per heavy atom. The molecule has 0 saturated heterocycles. The fourth-order valence-corrected chi connectivity index (χ4v) is 3.29. The minimum Gasteiger partial charge on any atom is -0.497 e. The third-order valence-corrected chi connectivity index (χ3v) is 5.24. The highest BCUT2D eigenvalue weighted by molar-refractivity contribution is 9.10. The van der Waals surface area contributed by atoms with Gasteiger partial charge in [0.15, 0.2) is 0 Å². The summed E-state index contributed by atoms with van der Waals surface area (Å²) in [5.41, 5.74) is 3.16. The second-order valence-corrected chi connectivity index (χ2v) is 7.82. The van der Waals surface area contributed by atoms with Gasteiger partial charge in [-0.2, -0.15) is 0 Å². The summed E-state index contributed by atoms with van der Waals surface area (Å²) < 4.78 is 12.1. The zero-order chi connectivity index (χ0) is 22.3. The Labute approximate surface area is 194 Å². The van der Waals surface area contributed by atoms with Crippen LogP contribution in [-0.4, -0.2) is 23.0 Å². The summed E-state index contributed by atoms with van der Waals surface area (Å²) >= 11 is 3.41. The van der Waals surface area contributed by atoms with E-state index in [1.54, 1.807) is 37.4 Å². The number of nitrogens with one attached hydrogen (secondary N) is 1. The monoisotopic (exact) mass is 489 g/mol. The van der Waals surface area contributed by atoms with E-state index in [9.17, 15) is 4.79 Å². The maximum atomic E-state index is 12.6. The summed E-state index contributed by atoms with van der Waals surface area (Å²) in [5, 5.41) is 2.92. The fourth-order valence-electron chi connectivity index (χ4n) is 3.02. The van der Waals surface area contributed by atoms with Crippen molar-refractivity contribution in [1.82, 2.24) is 15.3 Å². The van der Waals surface area contributed by atoms with Crippen molar-refractivity contribution >= 4 is 21.8 Å². The largest absolute Gasteiger partial charge is 0.497 e. The van der Waals surface area contributed by atoms with E-state index in [-0.39, 0.29) is 5.91 Å². The number of halogens is 1. The molecule has 1 aromatic heterocycles. The number of ether oxygens (including phenoxy) is 2. The minimum absolute atomic E-state index is 0.181. The molecule has 0 spiro atoms. The quantitative estimate of drug-likeness (QED) is 0.363. The molecule has 3 aromatic carbocycles. The summed E-state index contributed by atoms with van der Waals surface area (Å²) in [6.45, 7) is 0.439. The number of benzene rings is 3. The second-order valence-electron chi connectivity index (χ2n) is 6.91. The first-order valence-electron chi connectivity index (χ1n) is 9.88. The van der Waals surface area contributed by atoms with Crippen LogP contribution in [0.5, 0.6) is 17.4 Å². The van der Waals surface area contributed by atoms with Crippen LogP contribution in [0.1, 0.15) is 15.9 Å². The number of methoxy groups -OCH3 is 1. The lowest BCUT2D eigenvalue weighted by Crippen LogP contribution is -2.22. The van der Waals surface area contributed by atoms with Gasteiger partial charge in [0.2, 0.25) is 5.88 Å². The Morgan fingerprint density at radius 3 is 2.47 bits per heavy atom. The molecule has 0 unspecified atom stereocenters. The summed E-state index contributed by atoms with van der Waals surface area (Å²) in [6, 6.07) is 24.1. The summed E-state index contributed by atoms with van der Waals surface area (Å²) in [4.78, 5) is 21.1. The molecule has 1 amide bonds. The molecule has 0 atom stereocenters. The van der Waals surface area contributed by atoms with Gasteiger partial charge in [0.05, 0.1) is 12.8 Å². The third-order valence-electron chi connectivity index (χ3n) is 4.71. The van der Waals surface area contributed by atoms with Gasteiger partial charge >= 0.3 is 0 Å². The van der Waals surface area contributed by atoms with Crippen LogP contribution in [0.4, 0.5) is 0 Å². The molecule has 0 radical (unpaired) electrons. The summed E-state index contributed by atoms with van der Waals surface area (Å²) in [5.74, 6) is 1.49. The first-order chi connectivity index (χ1) is 15.6. The van der Waals surface area contributed by atoms with Gasteiger partial charge in [0.1, 0.15) is 17.8 Å². The van der Waals surface area contributed by atoms with Crippen LogP contribution in [0.15, 0.2) is 89.7 Å². The standard InChI is InChI=1S/C25H20BrN3O3/c1-31-21-11-7-18(8-12-21)23-14-24(29-16-28-23)32-22-4-2-3-19(13-22)25(30)27-15-17-5-9-20(26)10-6-17/h2-14,16H,15H2,1H3,(H,27,30). The van der Waals surface area contributed by atoms with E-state index in [0.29, 0.717) is 23.7 Å². The Balaban J connectivity index is 1.44. The number of rotatable bonds is 7. The molecule has 160 valence electrons. The highest BCUT2D eigenvalue weighted by Crippen LogP contribution is 2.25. The highest BCUT2D eigenvalue weighted by atomic mass is 79.9. The van der Waals surface area contributed by atoms with Gasteiger partial charge < -0.3 is 14.8 Å². The first-order valence-corrected chi connectivity index (χ1v) is 10.7. The van der Waals surface area contributed by atoms with Crippen LogP contribution in [0.2, 0.25) is 0 Å². The van der Waals surface area contributed by atoms with Crippen molar-refractivity contribution in [1.29, 1.82) is 0 Å². The van der Waals surface area contributed by atoms with E-state index < -0.39 is 0 Å². The number of nitrogens with zero attached hydrogens (tertiary/aromatic N) is 2. The van der Waals surface area contributed by atoms with Crippen molar-refractivity contribution in [2.24, 2.45) is 0 Å². The third kappa shape index (κ3) is 5.50. The predicted octanol–water partition coefficient (Wildman–Crippen LogP) is 5.64. The number of carbonyl (C=O) groups is 1. The summed E-state index contributed by atoms with van der Waals surface area (Å²) in [7, 11) is 1.63. The van der Waals surface area contributed by atoms with Crippen molar-refractivity contribution in [2.75, 3.05) is 7.11 Å². The van der Waals surface area contributed by atoms with Gasteiger partial charge in [-0.25, -0.2) is 9.97 Å². The number of aromatic nitrogens is 2. The lowest BCUT2D eigenvalue weighted by Gasteiger charge is -2.09. The number of hydrogen-bond donors (Lipinski definition) is 1. The molecule has 0 aliphatic rings. The molecule has 7 heteroatoms. The molecule has 1 heterocycles. The van der Waals surface area contributed by atoms with E-state index in [2.05, 4.69) is 31.2 Å². The van der Waals surface area contributed by atoms with E-state index in [1.807, 2.05) is 48.5 Å². The molecule has 0 aliphatic heterocycles. The van der Waals surface area contributed by atoms with Crippen LogP contribution in [0, 0.1) is 0 Å². The van der Waals surface area contributed by atoms with Crippen molar-refractivity contribution in [3.63, 3.8) is 0 Å².